The summed E-state index contributed by atoms with van der Waals surface area (Å²) in [7, 11) is -4.58. The van der Waals surface area contributed by atoms with E-state index in [9.17, 15) is 49.7 Å². The Morgan fingerprint density at radius 3 is 0.924 bits per heavy atom. The van der Waals surface area contributed by atoms with Crippen molar-refractivity contribution in [2.75, 3.05) is 0 Å². The van der Waals surface area contributed by atoms with Gasteiger partial charge in [0.2, 0.25) is 0 Å². The van der Waals surface area contributed by atoms with Gasteiger partial charge in [-0.2, -0.15) is 8.42 Å². The number of nitrogens with two attached hydrogens (primary N) is 4. The summed E-state index contributed by atoms with van der Waals surface area (Å²) in [4.78, 5) is 84.0. The molecule has 22 rings (SSSR count). The monoisotopic (exact) mass is 1760 g/mol. The van der Waals surface area contributed by atoms with Crippen LogP contribution in [-0.2, 0) is 36.3 Å². The van der Waals surface area contributed by atoms with Crippen LogP contribution in [0.5, 0.6) is 0 Å². The van der Waals surface area contributed by atoms with Crippen molar-refractivity contribution in [3.05, 3.63) is 377 Å². The third-order valence-corrected chi connectivity index (χ3v) is 24.4. The number of hydrogen-bond donors (Lipinski definition) is 5. The molecule has 0 radical (unpaired) electrons. The van der Waals surface area contributed by atoms with Gasteiger partial charge in [0.15, 0.2) is 0 Å². The molecule has 0 atom stereocenters. The number of halogens is 4. The van der Waals surface area contributed by atoms with Crippen molar-refractivity contribution in [1.29, 1.82) is 0 Å². The molecule has 2 saturated carbocycles. The maximum Gasteiger partial charge on any atom is 0.328 e. The third kappa shape index (κ3) is 17.6. The van der Waals surface area contributed by atoms with E-state index in [1.54, 1.807) is 115 Å². The number of carbonyl (C=O) groups is 4. The second-order valence-corrected chi connectivity index (χ2v) is 33.7. The van der Waals surface area contributed by atoms with Gasteiger partial charge in [0.25, 0.3) is 28.8 Å². The molecule has 0 aliphatic heterocycles. The van der Waals surface area contributed by atoms with E-state index in [4.69, 9.17) is 32.9 Å². The van der Waals surface area contributed by atoms with Crippen LogP contribution in [0, 0.1) is 23.3 Å². The van der Waals surface area contributed by atoms with Gasteiger partial charge in [0, 0.05) is 53.0 Å². The number of fused-ring (bicyclic) bond motifs is 8. The highest BCUT2D eigenvalue weighted by Gasteiger charge is 2.31. The van der Waals surface area contributed by atoms with E-state index in [0.29, 0.717) is 86.6 Å². The Kier molecular flexibility index (Phi) is 22.6. The zero-order valence-electron chi connectivity index (χ0n) is 69.8. The first-order valence-electron chi connectivity index (χ1n) is 42.1. The standard InChI is InChI=1S/C28H23FN4O.C27H21FN4O.C24H17FN4O4S.C24H17FN4O/c29-20-11-9-18(10-12-20)22-15-25(27(30)34)31-24-14-17(8-13-21(22)24)16-33-26-7-2-1-6-23(26)32-28(33)19-4-3-5-19;28-19-10-8-17(9-11-19)21-14-24(26(29)33)30-23-13-16(5-12-20(21)23)15-32-25-4-2-1-3-22(25)31-27(32)18-6-7-18;25-16-8-6-15(7-9-16)18-12-21(23(26)30)27-20-11-14(5-10-17(18)20)13-29-22-4-2-1-3-19(22)28-24(29)34(31,32)33;25-17-8-6-16(7-9-17)19-12-22(24(26)30)28-21-11-15(5-10-18(19)21)13-29-14-27-20-3-1-2-4-23(20)29/h1-2,6-15,19H,3-5,16H2,(H2,30,34);1-5,8-14,18H,6-7,15H2,(H2,29,33);1-12H,13H2,(H2,26,30)(H,31,32,33);1-12,14H,13H2,(H2,26,30). The van der Waals surface area contributed by atoms with E-state index in [1.807, 2.05) is 103 Å². The summed E-state index contributed by atoms with van der Waals surface area (Å²) < 4.78 is 95.4. The number of pyridine rings is 4. The van der Waals surface area contributed by atoms with Gasteiger partial charge < -0.3 is 41.2 Å². The number of imidazole rings is 4. The number of primary amides is 4. The van der Waals surface area contributed by atoms with Crippen molar-refractivity contribution >= 4 is 121 Å². The van der Waals surface area contributed by atoms with E-state index in [1.165, 1.54) is 85.2 Å². The van der Waals surface area contributed by atoms with Crippen LogP contribution in [0.1, 0.15) is 120 Å². The van der Waals surface area contributed by atoms with Crippen molar-refractivity contribution in [2.45, 2.75) is 75.3 Å². The summed E-state index contributed by atoms with van der Waals surface area (Å²) >= 11 is 0. The molecule has 20 aromatic rings. The Balaban J connectivity index is 0.000000113. The molecule has 0 saturated heterocycles. The summed E-state index contributed by atoms with van der Waals surface area (Å²) in [5, 5.41) is 2.86. The molecule has 8 aromatic heterocycles. The van der Waals surface area contributed by atoms with Gasteiger partial charge in [-0.05, 0) is 238 Å². The second kappa shape index (κ2) is 35.1. The van der Waals surface area contributed by atoms with Crippen LogP contribution in [-0.4, -0.2) is 94.7 Å². The molecule has 8 heterocycles. The normalized spacial score (nSPS) is 12.7. The fourth-order valence-electron chi connectivity index (χ4n) is 16.9. The number of carbonyl (C=O) groups excluding carboxylic acids is 4. The van der Waals surface area contributed by atoms with Gasteiger partial charge >= 0.3 is 10.1 Å². The maximum absolute atomic E-state index is 13.5. The van der Waals surface area contributed by atoms with Crippen LogP contribution < -0.4 is 22.9 Å². The fraction of sp³-hybridized carbons (Fsp3) is 0.107. The minimum Gasteiger partial charge on any atom is -0.364 e. The molecule has 131 heavy (non-hydrogen) atoms. The average molecular weight is 1760 g/mol. The summed E-state index contributed by atoms with van der Waals surface area (Å²) in [6.45, 7) is 2.01. The van der Waals surface area contributed by atoms with Crippen molar-refractivity contribution in [1.82, 2.24) is 58.1 Å². The third-order valence-electron chi connectivity index (χ3n) is 23.7. The minimum absolute atomic E-state index is 0.0377. The zero-order valence-corrected chi connectivity index (χ0v) is 70.6. The molecule has 2 aliphatic rings. The second-order valence-electron chi connectivity index (χ2n) is 32.4. The van der Waals surface area contributed by atoms with Gasteiger partial charge in [-0.25, -0.2) is 57.4 Å². The van der Waals surface area contributed by atoms with Gasteiger partial charge in [0.05, 0.1) is 79.1 Å². The predicted molar refractivity (Wildman–Crippen MR) is 496 cm³/mol. The molecule has 0 unspecified atom stereocenters. The lowest BCUT2D eigenvalue weighted by atomic mass is 9.85. The molecule has 2 fully saturated rings. The molecule has 23 nitrogen and oxygen atoms in total. The molecule has 4 amide bonds. The number of amides is 4. The Hall–Kier alpha value is -16.3. The van der Waals surface area contributed by atoms with E-state index >= 15 is 0 Å². The van der Waals surface area contributed by atoms with E-state index in [2.05, 4.69) is 73.9 Å². The van der Waals surface area contributed by atoms with Crippen LogP contribution in [0.25, 0.3) is 132 Å². The first-order chi connectivity index (χ1) is 63.4. The topological polar surface area (TPSA) is 350 Å². The first kappa shape index (κ1) is 84.2. The number of rotatable bonds is 19. The molecule has 12 aromatic carbocycles. The molecule has 646 valence electrons. The lowest BCUT2D eigenvalue weighted by molar-refractivity contribution is 0.0987. The summed E-state index contributed by atoms with van der Waals surface area (Å²) in [5.74, 6) is -0.561. The van der Waals surface area contributed by atoms with Crippen molar-refractivity contribution in [3.63, 3.8) is 0 Å². The van der Waals surface area contributed by atoms with E-state index in [0.717, 1.165) is 111 Å². The Bertz CT molecular complexity index is 8080. The number of para-hydroxylation sites is 8. The highest BCUT2D eigenvalue weighted by Crippen LogP contribution is 2.43. The summed E-state index contributed by atoms with van der Waals surface area (Å²) in [6.07, 6.45) is 7.75. The van der Waals surface area contributed by atoms with Crippen LogP contribution >= 0.6 is 0 Å². The average Bonchev–Trinajstić information content (AvgIpc) is 1.68. The van der Waals surface area contributed by atoms with Crippen LogP contribution in [0.4, 0.5) is 17.6 Å². The number of benzene rings is 12. The number of aromatic nitrogens is 12. The predicted octanol–water partition coefficient (Wildman–Crippen LogP) is 19.5. The highest BCUT2D eigenvalue weighted by molar-refractivity contribution is 7.85. The van der Waals surface area contributed by atoms with Gasteiger partial charge in [-0.15, -0.1) is 0 Å². The van der Waals surface area contributed by atoms with Gasteiger partial charge in [-0.1, -0.05) is 152 Å². The molecule has 28 heteroatoms. The molecule has 0 spiro atoms. The number of nitrogens with zero attached hydrogens (tertiary/aromatic N) is 12. The Morgan fingerprint density at radius 1 is 0.321 bits per heavy atom. The minimum atomic E-state index is -4.58. The SMILES string of the molecule is NC(=O)c1cc(-c2ccc(F)cc2)c2ccc(Cn3c(C4CC4)nc4ccccc43)cc2n1.NC(=O)c1cc(-c2ccc(F)cc2)c2ccc(Cn3c(C4CCC4)nc4ccccc43)cc2n1.NC(=O)c1cc(-c2ccc(F)cc2)c2ccc(Cn3c(S(=O)(=O)O)nc4ccccc43)cc2n1.NC(=O)c1cc(-c2ccc(F)cc2)c2ccc(Cn3cnc4ccccc43)cc2n1. The first-order valence-corrected chi connectivity index (χ1v) is 43.6. The van der Waals surface area contributed by atoms with E-state index < -0.39 is 38.9 Å². The molecular formula is C103H78F4N16O7S. The smallest absolute Gasteiger partial charge is 0.328 e. The Morgan fingerprint density at radius 2 is 0.611 bits per heavy atom. The molecule has 0 bridgehead atoms. The maximum atomic E-state index is 13.5. The van der Waals surface area contributed by atoms with Gasteiger partial charge in [0.1, 0.15) is 57.7 Å². The van der Waals surface area contributed by atoms with Gasteiger partial charge in [-0.3, -0.25) is 23.7 Å². The zero-order chi connectivity index (χ0) is 90.5. The molecular weight excluding hydrogens is 1680 g/mol. The highest BCUT2D eigenvalue weighted by atomic mass is 32.2. The van der Waals surface area contributed by atoms with Crippen LogP contribution in [0.3, 0.4) is 0 Å². The van der Waals surface area contributed by atoms with Crippen LogP contribution in [0.2, 0.25) is 0 Å². The summed E-state index contributed by atoms with van der Waals surface area (Å²) in [6, 6.07) is 85.6. The van der Waals surface area contributed by atoms with Crippen molar-refractivity contribution < 1.29 is 49.7 Å². The number of hydrogen-bond acceptors (Lipinski definition) is 14. The largest absolute Gasteiger partial charge is 0.364 e. The van der Waals surface area contributed by atoms with Crippen molar-refractivity contribution in [3.8, 4) is 44.5 Å². The molecule has 2 aliphatic carbocycles. The summed E-state index contributed by atoms with van der Waals surface area (Å²) in [5.41, 5.74) is 42.3. The van der Waals surface area contributed by atoms with Crippen molar-refractivity contribution in [2.24, 2.45) is 22.9 Å². The lowest BCUT2D eigenvalue weighted by Crippen LogP contribution is -2.16. The lowest BCUT2D eigenvalue weighted by Gasteiger charge is -2.25. The van der Waals surface area contributed by atoms with E-state index in [-0.39, 0.29) is 52.6 Å². The van der Waals surface area contributed by atoms with Crippen LogP contribution in [0.15, 0.2) is 303 Å². The molecule has 9 N–H and O–H groups in total. The fourth-order valence-corrected chi connectivity index (χ4v) is 17.6. The quantitative estimate of drug-likeness (QED) is 0.0371. The Labute approximate surface area is 745 Å².